The lowest BCUT2D eigenvalue weighted by Gasteiger charge is -2.56. The maximum Gasteiger partial charge on any atom is 0.227 e. The molecule has 5 heteroatoms. The molecule has 4 rings (SSSR count). The van der Waals surface area contributed by atoms with Crippen LogP contribution in [-0.4, -0.2) is 66.2 Å². The number of amides is 1. The number of carbonyl (C=O) groups is 1. The van der Waals surface area contributed by atoms with Gasteiger partial charge in [0.15, 0.2) is 0 Å². The molecular weight excluding hydrogens is 328 g/mol. The monoisotopic (exact) mass is 358 g/mol. The molecule has 0 aromatic heterocycles. The molecule has 0 unspecified atom stereocenters. The highest BCUT2D eigenvalue weighted by molar-refractivity contribution is 5.79. The second-order valence-corrected chi connectivity index (χ2v) is 8.13. The number of nitrogens with zero attached hydrogens (tertiary/aromatic N) is 2. The van der Waals surface area contributed by atoms with E-state index in [0.717, 1.165) is 37.4 Å². The van der Waals surface area contributed by atoms with E-state index in [2.05, 4.69) is 9.80 Å². The van der Waals surface area contributed by atoms with Crippen molar-refractivity contribution in [3.63, 3.8) is 0 Å². The van der Waals surface area contributed by atoms with Gasteiger partial charge < -0.3 is 14.7 Å². The molecule has 0 aliphatic carbocycles. The third kappa shape index (κ3) is 3.35. The van der Waals surface area contributed by atoms with Gasteiger partial charge in [0.05, 0.1) is 20.1 Å². The number of hydrogen-bond donors (Lipinski definition) is 1. The van der Waals surface area contributed by atoms with Crippen LogP contribution in [0.5, 0.6) is 5.75 Å². The van der Waals surface area contributed by atoms with Gasteiger partial charge in [0.1, 0.15) is 5.75 Å². The molecule has 3 saturated heterocycles. The van der Waals surface area contributed by atoms with Gasteiger partial charge in [-0.05, 0) is 55.3 Å². The van der Waals surface area contributed by atoms with E-state index in [-0.39, 0.29) is 18.6 Å². The molecule has 3 heterocycles. The molecule has 3 fully saturated rings. The minimum atomic E-state index is 0.203. The summed E-state index contributed by atoms with van der Waals surface area (Å²) in [6, 6.07) is 8.55. The SMILES string of the molecule is COc1cccc(CC(=O)N2C[C@H]3C[C@@H](C2)[C@H](CO)N2CCCC[C@@H]32)c1. The smallest absolute Gasteiger partial charge is 0.227 e. The highest BCUT2D eigenvalue weighted by Gasteiger charge is 2.47. The number of likely N-dealkylation sites (tertiary alicyclic amines) is 1. The Morgan fingerprint density at radius 3 is 2.92 bits per heavy atom. The summed E-state index contributed by atoms with van der Waals surface area (Å²) in [5.41, 5.74) is 1.00. The van der Waals surface area contributed by atoms with Crippen LogP contribution in [0.25, 0.3) is 0 Å². The number of methoxy groups -OCH3 is 1. The number of piperidine rings is 3. The molecule has 1 aromatic carbocycles. The summed E-state index contributed by atoms with van der Waals surface area (Å²) in [5.74, 6) is 1.96. The summed E-state index contributed by atoms with van der Waals surface area (Å²) >= 11 is 0. The first-order valence-electron chi connectivity index (χ1n) is 9.97. The zero-order valence-electron chi connectivity index (χ0n) is 15.6. The Bertz CT molecular complexity index is 636. The predicted octanol–water partition coefficient (Wildman–Crippen LogP) is 1.93. The standard InChI is InChI=1S/C21H30N2O3/c1-26-18-6-4-5-15(9-18)10-21(25)22-12-16-11-17(13-22)20(14-24)23-8-3-2-7-19(16)23/h4-6,9,16-17,19-20,24H,2-3,7-8,10-14H2,1H3/t16-,17+,19+,20+/m1/s1. The molecule has 26 heavy (non-hydrogen) atoms. The van der Waals surface area contributed by atoms with Crippen molar-refractivity contribution in [3.8, 4) is 5.75 Å². The molecule has 5 nitrogen and oxygen atoms in total. The Balaban J connectivity index is 1.47. The third-order valence-electron chi connectivity index (χ3n) is 6.65. The first kappa shape index (κ1) is 17.8. The predicted molar refractivity (Wildman–Crippen MR) is 100 cm³/mol. The molecule has 0 saturated carbocycles. The number of benzene rings is 1. The number of ether oxygens (including phenoxy) is 1. The number of rotatable bonds is 4. The Morgan fingerprint density at radius 1 is 1.27 bits per heavy atom. The van der Waals surface area contributed by atoms with Gasteiger partial charge in [-0.2, -0.15) is 0 Å². The van der Waals surface area contributed by atoms with E-state index in [0.29, 0.717) is 24.3 Å². The van der Waals surface area contributed by atoms with Crippen molar-refractivity contribution in [2.45, 2.75) is 44.2 Å². The van der Waals surface area contributed by atoms with Crippen LogP contribution in [0.2, 0.25) is 0 Å². The highest BCUT2D eigenvalue weighted by Crippen LogP contribution is 2.41. The van der Waals surface area contributed by atoms with E-state index in [4.69, 9.17) is 4.74 Å². The fourth-order valence-electron chi connectivity index (χ4n) is 5.43. The van der Waals surface area contributed by atoms with Crippen LogP contribution >= 0.6 is 0 Å². The van der Waals surface area contributed by atoms with Gasteiger partial charge in [0.2, 0.25) is 5.91 Å². The van der Waals surface area contributed by atoms with Crippen molar-refractivity contribution < 1.29 is 14.6 Å². The molecular formula is C21H30N2O3. The van der Waals surface area contributed by atoms with Gasteiger partial charge >= 0.3 is 0 Å². The van der Waals surface area contributed by atoms with Crippen LogP contribution in [-0.2, 0) is 11.2 Å². The summed E-state index contributed by atoms with van der Waals surface area (Å²) in [4.78, 5) is 17.6. The fraction of sp³-hybridized carbons (Fsp3) is 0.667. The van der Waals surface area contributed by atoms with Gasteiger partial charge in [-0.25, -0.2) is 0 Å². The molecule has 1 N–H and O–H groups in total. The molecule has 1 aromatic rings. The molecule has 0 spiro atoms. The molecule has 2 bridgehead atoms. The maximum atomic E-state index is 13.0. The Kier molecular flexibility index (Phi) is 5.18. The van der Waals surface area contributed by atoms with E-state index in [1.807, 2.05) is 24.3 Å². The molecule has 3 aliphatic heterocycles. The first-order valence-corrected chi connectivity index (χ1v) is 9.97. The molecule has 3 aliphatic rings. The quantitative estimate of drug-likeness (QED) is 0.894. The van der Waals surface area contributed by atoms with Gasteiger partial charge in [0, 0.05) is 25.2 Å². The second kappa shape index (κ2) is 7.57. The average Bonchev–Trinajstić information content (AvgIpc) is 2.68. The van der Waals surface area contributed by atoms with Crippen molar-refractivity contribution in [3.05, 3.63) is 29.8 Å². The minimum Gasteiger partial charge on any atom is -0.497 e. The van der Waals surface area contributed by atoms with Crippen molar-refractivity contribution in [1.29, 1.82) is 0 Å². The molecule has 1 amide bonds. The van der Waals surface area contributed by atoms with Gasteiger partial charge in [0.25, 0.3) is 0 Å². The highest BCUT2D eigenvalue weighted by atomic mass is 16.5. The van der Waals surface area contributed by atoms with Crippen LogP contribution < -0.4 is 4.74 Å². The van der Waals surface area contributed by atoms with Gasteiger partial charge in [-0.1, -0.05) is 18.6 Å². The van der Waals surface area contributed by atoms with Crippen LogP contribution in [0.1, 0.15) is 31.2 Å². The average molecular weight is 358 g/mol. The number of fused-ring (bicyclic) bond motifs is 4. The van der Waals surface area contributed by atoms with E-state index in [1.165, 1.54) is 19.3 Å². The number of carbonyl (C=O) groups excluding carboxylic acids is 1. The summed E-state index contributed by atoms with van der Waals surface area (Å²) in [6.45, 7) is 2.98. The first-order chi connectivity index (χ1) is 12.7. The van der Waals surface area contributed by atoms with Gasteiger partial charge in [-0.3, -0.25) is 9.69 Å². The summed E-state index contributed by atoms with van der Waals surface area (Å²) in [6.07, 6.45) is 5.32. The van der Waals surface area contributed by atoms with Crippen LogP contribution in [0.4, 0.5) is 0 Å². The summed E-state index contributed by atoms with van der Waals surface area (Å²) in [7, 11) is 1.65. The molecule has 4 atom stereocenters. The normalized spacial score (nSPS) is 31.4. The minimum absolute atomic E-state index is 0.203. The van der Waals surface area contributed by atoms with Crippen LogP contribution in [0, 0.1) is 11.8 Å². The zero-order valence-corrected chi connectivity index (χ0v) is 15.6. The number of hydrogen-bond acceptors (Lipinski definition) is 4. The van der Waals surface area contributed by atoms with Crippen molar-refractivity contribution in [2.75, 3.05) is 33.4 Å². The van der Waals surface area contributed by atoms with Crippen molar-refractivity contribution >= 4 is 5.91 Å². The lowest BCUT2D eigenvalue weighted by atomic mass is 9.72. The number of aliphatic hydroxyl groups excluding tert-OH is 1. The third-order valence-corrected chi connectivity index (χ3v) is 6.65. The lowest BCUT2D eigenvalue weighted by Crippen LogP contribution is -2.65. The largest absolute Gasteiger partial charge is 0.497 e. The zero-order chi connectivity index (χ0) is 18.1. The lowest BCUT2D eigenvalue weighted by molar-refractivity contribution is -0.141. The van der Waals surface area contributed by atoms with Crippen molar-refractivity contribution in [2.24, 2.45) is 11.8 Å². The second-order valence-electron chi connectivity index (χ2n) is 8.13. The Labute approximate surface area is 155 Å². The van der Waals surface area contributed by atoms with E-state index in [1.54, 1.807) is 7.11 Å². The summed E-state index contributed by atoms with van der Waals surface area (Å²) in [5, 5.41) is 10.0. The van der Waals surface area contributed by atoms with Gasteiger partial charge in [-0.15, -0.1) is 0 Å². The van der Waals surface area contributed by atoms with Crippen LogP contribution in [0.15, 0.2) is 24.3 Å². The Hall–Kier alpha value is -1.59. The fourth-order valence-corrected chi connectivity index (χ4v) is 5.43. The van der Waals surface area contributed by atoms with Crippen LogP contribution in [0.3, 0.4) is 0 Å². The van der Waals surface area contributed by atoms with E-state index >= 15 is 0 Å². The van der Waals surface area contributed by atoms with E-state index in [9.17, 15) is 9.90 Å². The summed E-state index contributed by atoms with van der Waals surface area (Å²) < 4.78 is 5.27. The van der Waals surface area contributed by atoms with Crippen molar-refractivity contribution in [1.82, 2.24) is 9.80 Å². The Morgan fingerprint density at radius 2 is 2.12 bits per heavy atom. The topological polar surface area (TPSA) is 53.0 Å². The maximum absolute atomic E-state index is 13.0. The molecule has 0 radical (unpaired) electrons. The number of aliphatic hydroxyl groups is 1. The van der Waals surface area contributed by atoms with E-state index < -0.39 is 0 Å². The molecule has 142 valence electrons.